The van der Waals surface area contributed by atoms with Crippen LogP contribution in [0, 0.1) is 13.8 Å². The fourth-order valence-corrected chi connectivity index (χ4v) is 3.54. The molecule has 1 fully saturated rings. The summed E-state index contributed by atoms with van der Waals surface area (Å²) in [7, 11) is 0. The van der Waals surface area contributed by atoms with Crippen molar-refractivity contribution in [1.82, 2.24) is 14.9 Å². The average molecular weight is 307 g/mol. The molecule has 2 aromatic rings. The van der Waals surface area contributed by atoms with Crippen LogP contribution in [0.2, 0.25) is 0 Å². The number of hydrogen-bond acceptors (Lipinski definition) is 5. The van der Waals surface area contributed by atoms with Crippen LogP contribution in [0.15, 0.2) is 4.79 Å². The highest BCUT2D eigenvalue weighted by molar-refractivity contribution is 7.18. The van der Waals surface area contributed by atoms with Crippen LogP contribution in [0.5, 0.6) is 0 Å². The summed E-state index contributed by atoms with van der Waals surface area (Å²) in [6.07, 6.45) is 2.02. The highest BCUT2D eigenvalue weighted by atomic mass is 32.1. The Kier molecular flexibility index (Phi) is 3.54. The molecule has 1 saturated carbocycles. The Labute approximate surface area is 125 Å². The Balaban J connectivity index is 1.93. The molecule has 2 N–H and O–H groups in total. The number of aliphatic carboxylic acids is 1. The number of carbonyl (C=O) groups is 1. The Morgan fingerprint density at radius 3 is 2.81 bits per heavy atom. The maximum atomic E-state index is 12.2. The first-order valence-electron chi connectivity index (χ1n) is 6.90. The Morgan fingerprint density at radius 2 is 2.19 bits per heavy atom. The lowest BCUT2D eigenvalue weighted by atomic mass is 10.2. The first-order chi connectivity index (χ1) is 9.95. The van der Waals surface area contributed by atoms with Gasteiger partial charge in [-0.2, -0.15) is 0 Å². The minimum absolute atomic E-state index is 0.0189. The molecule has 0 saturated heterocycles. The third-order valence-electron chi connectivity index (χ3n) is 3.84. The number of aryl methyl sites for hydroxylation is 2. The summed E-state index contributed by atoms with van der Waals surface area (Å²) in [5.41, 5.74) is 0.836. The standard InChI is InChI=1S/C14H17N3O3S/c1-7-8(2)21-14-12(7)13(20)15-10(16-14)5-17(6-11(18)19)9-3-4-9/h9H,3-6H2,1-2H3,(H,18,19)(H,15,16,20). The number of hydrogen-bond donors (Lipinski definition) is 2. The van der Waals surface area contributed by atoms with E-state index in [1.807, 2.05) is 18.7 Å². The second-order valence-electron chi connectivity index (χ2n) is 5.51. The second kappa shape index (κ2) is 5.23. The van der Waals surface area contributed by atoms with E-state index in [-0.39, 0.29) is 12.1 Å². The second-order valence-corrected chi connectivity index (χ2v) is 6.71. The minimum atomic E-state index is -0.854. The number of aromatic amines is 1. The van der Waals surface area contributed by atoms with Gasteiger partial charge in [-0.25, -0.2) is 4.98 Å². The van der Waals surface area contributed by atoms with Crippen molar-refractivity contribution in [3.8, 4) is 0 Å². The first-order valence-corrected chi connectivity index (χ1v) is 7.72. The number of thiophene rings is 1. The monoisotopic (exact) mass is 307 g/mol. The number of H-pyrrole nitrogens is 1. The maximum Gasteiger partial charge on any atom is 0.317 e. The van der Waals surface area contributed by atoms with E-state index in [1.54, 1.807) is 0 Å². The van der Waals surface area contributed by atoms with Crippen LogP contribution in [-0.4, -0.2) is 38.5 Å². The largest absolute Gasteiger partial charge is 0.480 e. The van der Waals surface area contributed by atoms with Gasteiger partial charge < -0.3 is 10.1 Å². The number of rotatable bonds is 5. The lowest BCUT2D eigenvalue weighted by molar-refractivity contribution is -0.138. The highest BCUT2D eigenvalue weighted by Gasteiger charge is 2.30. The molecule has 2 heterocycles. The van der Waals surface area contributed by atoms with Gasteiger partial charge in [-0.1, -0.05) is 0 Å². The van der Waals surface area contributed by atoms with Crippen molar-refractivity contribution < 1.29 is 9.90 Å². The summed E-state index contributed by atoms with van der Waals surface area (Å²) in [5, 5.41) is 9.62. The molecule has 7 heteroatoms. The molecule has 0 bridgehead atoms. The quantitative estimate of drug-likeness (QED) is 0.877. The van der Waals surface area contributed by atoms with E-state index in [4.69, 9.17) is 5.11 Å². The van der Waals surface area contributed by atoms with Crippen molar-refractivity contribution in [1.29, 1.82) is 0 Å². The van der Waals surface area contributed by atoms with Crippen LogP contribution in [-0.2, 0) is 11.3 Å². The molecule has 0 atom stereocenters. The Hall–Kier alpha value is -1.73. The minimum Gasteiger partial charge on any atom is -0.480 e. The van der Waals surface area contributed by atoms with Gasteiger partial charge >= 0.3 is 5.97 Å². The lowest BCUT2D eigenvalue weighted by Gasteiger charge is -2.18. The fraction of sp³-hybridized carbons (Fsp3) is 0.500. The van der Waals surface area contributed by atoms with Gasteiger partial charge in [0.15, 0.2) is 0 Å². The van der Waals surface area contributed by atoms with Crippen LogP contribution < -0.4 is 5.56 Å². The molecule has 112 valence electrons. The van der Waals surface area contributed by atoms with Gasteiger partial charge in [0.25, 0.3) is 5.56 Å². The highest BCUT2D eigenvalue weighted by Crippen LogP contribution is 2.29. The third-order valence-corrected chi connectivity index (χ3v) is 4.94. The molecular weight excluding hydrogens is 290 g/mol. The number of carboxylic acids is 1. The van der Waals surface area contributed by atoms with Crippen LogP contribution in [0.1, 0.15) is 29.1 Å². The predicted molar refractivity (Wildman–Crippen MR) is 80.8 cm³/mol. The van der Waals surface area contributed by atoms with Gasteiger partial charge in [0.1, 0.15) is 10.7 Å². The molecule has 21 heavy (non-hydrogen) atoms. The zero-order chi connectivity index (χ0) is 15.1. The van der Waals surface area contributed by atoms with Crippen molar-refractivity contribution in [2.75, 3.05) is 6.54 Å². The number of fused-ring (bicyclic) bond motifs is 1. The van der Waals surface area contributed by atoms with E-state index in [2.05, 4.69) is 9.97 Å². The molecule has 0 aliphatic heterocycles. The van der Waals surface area contributed by atoms with Crippen molar-refractivity contribution in [2.24, 2.45) is 0 Å². The molecule has 1 aliphatic rings. The average Bonchev–Trinajstić information content (AvgIpc) is 3.16. The van der Waals surface area contributed by atoms with E-state index in [0.717, 1.165) is 28.1 Å². The van der Waals surface area contributed by atoms with Crippen LogP contribution in [0.4, 0.5) is 0 Å². The smallest absolute Gasteiger partial charge is 0.317 e. The number of carboxylic acid groups (broad SMARTS) is 1. The van der Waals surface area contributed by atoms with Crippen molar-refractivity contribution in [2.45, 2.75) is 39.3 Å². The first kappa shape index (κ1) is 14.2. The molecule has 0 spiro atoms. The molecule has 0 radical (unpaired) electrons. The molecule has 0 aromatic carbocycles. The molecule has 2 aromatic heterocycles. The summed E-state index contributed by atoms with van der Waals surface area (Å²) in [5.74, 6) is -0.310. The van der Waals surface area contributed by atoms with E-state index in [1.165, 1.54) is 11.3 Å². The molecule has 0 unspecified atom stereocenters. The van der Waals surface area contributed by atoms with E-state index in [0.29, 0.717) is 23.8 Å². The normalized spacial score (nSPS) is 15.0. The topological polar surface area (TPSA) is 86.3 Å². The van der Waals surface area contributed by atoms with Gasteiger partial charge in [-0.3, -0.25) is 14.5 Å². The lowest BCUT2D eigenvalue weighted by Crippen LogP contribution is -2.32. The Bertz CT molecular complexity index is 761. The fourth-order valence-electron chi connectivity index (χ4n) is 2.49. The van der Waals surface area contributed by atoms with Crippen molar-refractivity contribution in [3.05, 3.63) is 26.6 Å². The molecule has 6 nitrogen and oxygen atoms in total. The molecular formula is C14H17N3O3S. The van der Waals surface area contributed by atoms with Gasteiger partial charge in [0.05, 0.1) is 18.5 Å². The SMILES string of the molecule is Cc1sc2nc(CN(CC(=O)O)C3CC3)[nH]c(=O)c2c1C. The van der Waals surface area contributed by atoms with Crippen LogP contribution in [0.25, 0.3) is 10.2 Å². The summed E-state index contributed by atoms with van der Waals surface area (Å²) in [6.45, 7) is 4.25. The van der Waals surface area contributed by atoms with Crippen LogP contribution >= 0.6 is 11.3 Å². The summed E-state index contributed by atoms with van der Waals surface area (Å²) >= 11 is 1.51. The van der Waals surface area contributed by atoms with Gasteiger partial charge in [-0.05, 0) is 32.3 Å². The van der Waals surface area contributed by atoms with Gasteiger partial charge in [0.2, 0.25) is 0 Å². The zero-order valence-electron chi connectivity index (χ0n) is 12.0. The molecule has 3 rings (SSSR count). The number of nitrogens with zero attached hydrogens (tertiary/aromatic N) is 2. The van der Waals surface area contributed by atoms with Crippen molar-refractivity contribution in [3.63, 3.8) is 0 Å². The van der Waals surface area contributed by atoms with Gasteiger partial charge in [-0.15, -0.1) is 11.3 Å². The van der Waals surface area contributed by atoms with Crippen LogP contribution in [0.3, 0.4) is 0 Å². The Morgan fingerprint density at radius 1 is 1.48 bits per heavy atom. The van der Waals surface area contributed by atoms with E-state index >= 15 is 0 Å². The van der Waals surface area contributed by atoms with Gasteiger partial charge in [0, 0.05) is 10.9 Å². The number of nitrogens with one attached hydrogen (secondary N) is 1. The van der Waals surface area contributed by atoms with Crippen molar-refractivity contribution >= 4 is 27.5 Å². The summed E-state index contributed by atoms with van der Waals surface area (Å²) < 4.78 is 0. The van der Waals surface area contributed by atoms with E-state index < -0.39 is 5.97 Å². The predicted octanol–water partition coefficient (Wildman–Crippen LogP) is 1.65. The molecule has 0 amide bonds. The maximum absolute atomic E-state index is 12.2. The van der Waals surface area contributed by atoms with E-state index in [9.17, 15) is 9.59 Å². The summed E-state index contributed by atoms with van der Waals surface area (Å²) in [6, 6.07) is 0.300. The third kappa shape index (κ3) is 2.84. The molecule has 1 aliphatic carbocycles. The zero-order valence-corrected chi connectivity index (χ0v) is 12.8. The number of aromatic nitrogens is 2. The summed E-state index contributed by atoms with van der Waals surface area (Å²) in [4.78, 5) is 34.1.